The number of carboxylic acid groups (broad SMARTS) is 1. The summed E-state index contributed by atoms with van der Waals surface area (Å²) in [5, 5.41) is 21.0. The molecule has 2 heterocycles. The molecule has 0 fully saturated rings. The van der Waals surface area contributed by atoms with Gasteiger partial charge in [0.15, 0.2) is 0 Å². The van der Waals surface area contributed by atoms with Crippen molar-refractivity contribution in [1.29, 1.82) is 0 Å². The van der Waals surface area contributed by atoms with Gasteiger partial charge in [-0.2, -0.15) is 5.10 Å². The molecule has 0 saturated heterocycles. The zero-order chi connectivity index (χ0) is 22.4. The van der Waals surface area contributed by atoms with Crippen LogP contribution in [0.4, 0.5) is 10.5 Å². The lowest BCUT2D eigenvalue weighted by molar-refractivity contribution is 0.0703. The Kier molecular flexibility index (Phi) is 4.86. The maximum atomic E-state index is 12.7. The fourth-order valence-electron chi connectivity index (χ4n) is 4.22. The molecule has 5 rings (SSSR count). The van der Waals surface area contributed by atoms with Crippen molar-refractivity contribution in [2.75, 3.05) is 11.9 Å². The number of hydrogen-bond donors (Lipinski definition) is 2. The van der Waals surface area contributed by atoms with Gasteiger partial charge in [-0.15, -0.1) is 16.4 Å². The van der Waals surface area contributed by atoms with Gasteiger partial charge in [0.2, 0.25) is 0 Å². The number of carbonyl (C=O) groups is 2. The molecule has 0 spiro atoms. The van der Waals surface area contributed by atoms with Crippen LogP contribution in [0.5, 0.6) is 0 Å². The lowest BCUT2D eigenvalue weighted by Crippen LogP contribution is -2.19. The Morgan fingerprint density at radius 3 is 2.28 bits per heavy atom. The zero-order valence-electron chi connectivity index (χ0n) is 17.4. The number of carboxylic acids is 1. The van der Waals surface area contributed by atoms with E-state index < -0.39 is 12.1 Å². The first-order valence-electron chi connectivity index (χ1n) is 10.1. The van der Waals surface area contributed by atoms with Crippen molar-refractivity contribution in [3.8, 4) is 11.1 Å². The number of hydrogen-bond acceptors (Lipinski definition) is 6. The number of aromatic carboxylic acids is 1. The SMILES string of the molecule is Cc1nnc2sc(C(=O)O)c(NC(=O)OCC3c4ccccc4-c4ccccc43)c2c1C. The van der Waals surface area contributed by atoms with E-state index in [0.29, 0.717) is 15.9 Å². The molecule has 7 nitrogen and oxygen atoms in total. The predicted molar refractivity (Wildman–Crippen MR) is 123 cm³/mol. The quantitative estimate of drug-likeness (QED) is 0.438. The first-order chi connectivity index (χ1) is 15.5. The van der Waals surface area contributed by atoms with Gasteiger partial charge in [-0.25, -0.2) is 9.59 Å². The number of aromatic nitrogens is 2. The molecule has 32 heavy (non-hydrogen) atoms. The number of aryl methyl sites for hydroxylation is 2. The highest BCUT2D eigenvalue weighted by Gasteiger charge is 2.29. The summed E-state index contributed by atoms with van der Waals surface area (Å²) in [4.78, 5) is 25.0. The average Bonchev–Trinajstić information content (AvgIpc) is 3.31. The molecule has 160 valence electrons. The summed E-state index contributed by atoms with van der Waals surface area (Å²) < 4.78 is 5.59. The van der Waals surface area contributed by atoms with Crippen molar-refractivity contribution in [3.63, 3.8) is 0 Å². The van der Waals surface area contributed by atoms with Crippen LogP contribution in [0.3, 0.4) is 0 Å². The van der Waals surface area contributed by atoms with Crippen LogP contribution in [-0.2, 0) is 4.74 Å². The number of nitrogens with one attached hydrogen (secondary N) is 1. The predicted octanol–water partition coefficient (Wildman–Crippen LogP) is 5.37. The molecule has 1 aliphatic carbocycles. The highest BCUT2D eigenvalue weighted by Crippen LogP contribution is 2.44. The Labute approximate surface area is 187 Å². The summed E-state index contributed by atoms with van der Waals surface area (Å²) in [5.41, 5.74) is 6.13. The maximum absolute atomic E-state index is 12.7. The van der Waals surface area contributed by atoms with Crippen LogP contribution in [0.15, 0.2) is 48.5 Å². The minimum atomic E-state index is -1.14. The van der Waals surface area contributed by atoms with Crippen LogP contribution in [0.1, 0.15) is 38.0 Å². The molecule has 2 aromatic carbocycles. The lowest BCUT2D eigenvalue weighted by Gasteiger charge is -2.15. The molecule has 0 radical (unpaired) electrons. The molecule has 0 bridgehead atoms. The second kappa shape index (κ2) is 7.72. The van der Waals surface area contributed by atoms with Gasteiger partial charge < -0.3 is 9.84 Å². The normalized spacial score (nSPS) is 12.4. The van der Waals surface area contributed by atoms with Crippen LogP contribution in [0.2, 0.25) is 0 Å². The van der Waals surface area contributed by atoms with Gasteiger partial charge in [0.25, 0.3) is 0 Å². The van der Waals surface area contributed by atoms with Gasteiger partial charge in [-0.1, -0.05) is 48.5 Å². The van der Waals surface area contributed by atoms with E-state index in [1.807, 2.05) is 43.3 Å². The Morgan fingerprint density at radius 2 is 1.66 bits per heavy atom. The summed E-state index contributed by atoms with van der Waals surface area (Å²) in [6.45, 7) is 3.76. The van der Waals surface area contributed by atoms with Crippen LogP contribution >= 0.6 is 11.3 Å². The molecule has 2 N–H and O–H groups in total. The van der Waals surface area contributed by atoms with Gasteiger partial charge in [0.05, 0.1) is 11.4 Å². The fraction of sp³-hybridized carbons (Fsp3) is 0.167. The molecule has 4 aromatic rings. The molecular weight excluding hydrogens is 426 g/mol. The third kappa shape index (κ3) is 3.20. The number of fused-ring (bicyclic) bond motifs is 4. The number of thiophene rings is 1. The molecule has 0 unspecified atom stereocenters. The van der Waals surface area contributed by atoms with E-state index in [4.69, 9.17) is 4.74 Å². The monoisotopic (exact) mass is 445 g/mol. The minimum Gasteiger partial charge on any atom is -0.477 e. The van der Waals surface area contributed by atoms with E-state index in [9.17, 15) is 14.7 Å². The van der Waals surface area contributed by atoms with E-state index in [1.54, 1.807) is 6.92 Å². The summed E-state index contributed by atoms with van der Waals surface area (Å²) in [7, 11) is 0. The standard InChI is InChI=1S/C24H19N3O4S/c1-12-13(2)26-27-22-19(12)20(21(32-22)23(28)29)25-24(30)31-11-18-16-9-5-3-7-14(16)15-8-4-6-10-17(15)18/h3-10,18H,11H2,1-2H3,(H,25,30)(H,28,29). The molecule has 0 atom stereocenters. The number of amides is 1. The van der Waals surface area contributed by atoms with Gasteiger partial charge >= 0.3 is 12.1 Å². The van der Waals surface area contributed by atoms with Crippen LogP contribution in [-0.4, -0.2) is 34.0 Å². The van der Waals surface area contributed by atoms with E-state index >= 15 is 0 Å². The number of benzene rings is 2. The van der Waals surface area contributed by atoms with Gasteiger partial charge in [0, 0.05) is 11.3 Å². The summed E-state index contributed by atoms with van der Waals surface area (Å²) >= 11 is 0.978. The molecule has 8 heteroatoms. The fourth-order valence-corrected chi connectivity index (χ4v) is 5.19. The number of rotatable bonds is 4. The average molecular weight is 446 g/mol. The maximum Gasteiger partial charge on any atom is 0.411 e. The number of ether oxygens (including phenoxy) is 1. The highest BCUT2D eigenvalue weighted by molar-refractivity contribution is 7.21. The van der Waals surface area contributed by atoms with E-state index in [0.717, 1.165) is 39.2 Å². The Balaban J connectivity index is 1.42. The van der Waals surface area contributed by atoms with E-state index in [2.05, 4.69) is 27.6 Å². The molecular formula is C24H19N3O4S. The summed E-state index contributed by atoms with van der Waals surface area (Å²) in [5.74, 6) is -1.22. The second-order valence-electron chi connectivity index (χ2n) is 7.65. The van der Waals surface area contributed by atoms with Gasteiger partial charge in [-0.3, -0.25) is 5.32 Å². The zero-order valence-corrected chi connectivity index (χ0v) is 18.2. The lowest BCUT2D eigenvalue weighted by atomic mass is 9.98. The Morgan fingerprint density at radius 1 is 1.03 bits per heavy atom. The Bertz CT molecular complexity index is 1350. The molecule has 0 saturated carbocycles. The third-order valence-electron chi connectivity index (χ3n) is 5.86. The number of carbonyl (C=O) groups excluding carboxylic acids is 1. The first kappa shape index (κ1) is 20.1. The van der Waals surface area contributed by atoms with Crippen molar-refractivity contribution < 1.29 is 19.4 Å². The van der Waals surface area contributed by atoms with Crippen molar-refractivity contribution >= 4 is 39.3 Å². The molecule has 2 aromatic heterocycles. The van der Waals surface area contributed by atoms with Gasteiger partial charge in [-0.05, 0) is 41.7 Å². The highest BCUT2D eigenvalue weighted by atomic mass is 32.1. The molecule has 1 amide bonds. The smallest absolute Gasteiger partial charge is 0.411 e. The van der Waals surface area contributed by atoms with Crippen LogP contribution in [0, 0.1) is 13.8 Å². The minimum absolute atomic E-state index is 0.00323. The number of nitrogens with zero attached hydrogens (tertiary/aromatic N) is 2. The van der Waals surface area contributed by atoms with Crippen molar-refractivity contribution in [3.05, 3.63) is 75.8 Å². The topological polar surface area (TPSA) is 101 Å². The Hall–Kier alpha value is -3.78. The first-order valence-corrected chi connectivity index (χ1v) is 10.9. The van der Waals surface area contributed by atoms with E-state index in [-0.39, 0.29) is 23.1 Å². The molecule has 0 aliphatic heterocycles. The van der Waals surface area contributed by atoms with Crippen molar-refractivity contribution in [2.45, 2.75) is 19.8 Å². The largest absolute Gasteiger partial charge is 0.477 e. The van der Waals surface area contributed by atoms with Crippen LogP contribution < -0.4 is 5.32 Å². The number of anilines is 1. The second-order valence-corrected chi connectivity index (χ2v) is 8.65. The van der Waals surface area contributed by atoms with Gasteiger partial charge in [0.1, 0.15) is 16.3 Å². The van der Waals surface area contributed by atoms with Crippen LogP contribution in [0.25, 0.3) is 21.3 Å². The third-order valence-corrected chi connectivity index (χ3v) is 6.93. The van der Waals surface area contributed by atoms with E-state index in [1.165, 1.54) is 0 Å². The van der Waals surface area contributed by atoms with Crippen molar-refractivity contribution in [1.82, 2.24) is 10.2 Å². The molecule has 1 aliphatic rings. The summed E-state index contributed by atoms with van der Waals surface area (Å²) in [6, 6.07) is 16.2. The summed E-state index contributed by atoms with van der Waals surface area (Å²) in [6.07, 6.45) is -0.706. The van der Waals surface area contributed by atoms with Crippen molar-refractivity contribution in [2.24, 2.45) is 0 Å².